The van der Waals surface area contributed by atoms with Gasteiger partial charge < -0.3 is 5.21 Å². The minimum atomic E-state index is 0.600. The van der Waals surface area contributed by atoms with E-state index in [9.17, 15) is 0 Å². The predicted octanol–water partition coefficient (Wildman–Crippen LogP) is 2.46. The van der Waals surface area contributed by atoms with E-state index in [1.807, 2.05) is 19.1 Å². The third-order valence-electron chi connectivity index (χ3n) is 1.46. The Kier molecular flexibility index (Phi) is 2.49. The van der Waals surface area contributed by atoms with Gasteiger partial charge in [-0.1, -0.05) is 28.9 Å². The molecular formula is C8H8ClNO. The van der Waals surface area contributed by atoms with E-state index in [4.69, 9.17) is 16.8 Å². The van der Waals surface area contributed by atoms with Gasteiger partial charge in [0.15, 0.2) is 0 Å². The maximum Gasteiger partial charge on any atom is 0.0751 e. The summed E-state index contributed by atoms with van der Waals surface area (Å²) >= 11 is 5.81. The third kappa shape index (κ3) is 1.71. The Morgan fingerprint density at radius 2 is 2.27 bits per heavy atom. The van der Waals surface area contributed by atoms with E-state index in [1.165, 1.54) is 6.21 Å². The molecule has 1 aromatic rings. The average molecular weight is 170 g/mol. The maximum absolute atomic E-state index is 8.28. The van der Waals surface area contributed by atoms with E-state index in [2.05, 4.69) is 5.16 Å². The van der Waals surface area contributed by atoms with E-state index < -0.39 is 0 Å². The van der Waals surface area contributed by atoms with Crippen molar-refractivity contribution in [1.29, 1.82) is 0 Å². The first kappa shape index (κ1) is 8.08. The van der Waals surface area contributed by atoms with Crippen LogP contribution < -0.4 is 0 Å². The van der Waals surface area contributed by atoms with Crippen LogP contribution >= 0.6 is 11.6 Å². The lowest BCUT2D eigenvalue weighted by Crippen LogP contribution is -1.87. The van der Waals surface area contributed by atoms with E-state index in [-0.39, 0.29) is 0 Å². The third-order valence-corrected chi connectivity index (χ3v) is 1.79. The van der Waals surface area contributed by atoms with Gasteiger partial charge in [-0.2, -0.15) is 0 Å². The van der Waals surface area contributed by atoms with Crippen LogP contribution in [0.2, 0.25) is 5.02 Å². The van der Waals surface area contributed by atoms with Crippen LogP contribution in [-0.2, 0) is 0 Å². The van der Waals surface area contributed by atoms with Crippen LogP contribution in [-0.4, -0.2) is 11.4 Å². The summed E-state index contributed by atoms with van der Waals surface area (Å²) in [6.45, 7) is 1.91. The number of rotatable bonds is 1. The minimum Gasteiger partial charge on any atom is -0.411 e. The Morgan fingerprint density at radius 1 is 1.55 bits per heavy atom. The molecule has 1 rings (SSSR count). The summed E-state index contributed by atoms with van der Waals surface area (Å²) in [6, 6.07) is 5.51. The summed E-state index contributed by atoms with van der Waals surface area (Å²) in [6.07, 6.45) is 1.33. The molecule has 58 valence electrons. The van der Waals surface area contributed by atoms with Crippen LogP contribution in [0.25, 0.3) is 0 Å². The predicted molar refractivity (Wildman–Crippen MR) is 45.6 cm³/mol. The Morgan fingerprint density at radius 3 is 2.82 bits per heavy atom. The Hall–Kier alpha value is -1.02. The molecule has 0 aliphatic rings. The Labute approximate surface area is 70.1 Å². The molecule has 0 heterocycles. The number of nitrogens with zero attached hydrogens (tertiary/aromatic N) is 1. The number of oxime groups is 1. The summed E-state index contributed by atoms with van der Waals surface area (Å²) in [5.41, 5.74) is 1.76. The first-order valence-corrected chi connectivity index (χ1v) is 3.56. The lowest BCUT2D eigenvalue weighted by atomic mass is 10.1. The molecule has 0 radical (unpaired) electrons. The topological polar surface area (TPSA) is 32.6 Å². The maximum atomic E-state index is 8.28. The van der Waals surface area contributed by atoms with E-state index in [0.717, 1.165) is 11.1 Å². The van der Waals surface area contributed by atoms with Crippen molar-refractivity contribution in [3.63, 3.8) is 0 Å². The lowest BCUT2D eigenvalue weighted by molar-refractivity contribution is 0.322. The summed E-state index contributed by atoms with van der Waals surface area (Å²) in [5, 5.41) is 11.8. The smallest absolute Gasteiger partial charge is 0.0751 e. The van der Waals surface area contributed by atoms with Crippen molar-refractivity contribution in [3.8, 4) is 0 Å². The van der Waals surface area contributed by atoms with Crippen LogP contribution in [0.1, 0.15) is 11.1 Å². The second-order valence-corrected chi connectivity index (χ2v) is 2.62. The molecule has 0 fully saturated rings. The van der Waals surface area contributed by atoms with E-state index in [1.54, 1.807) is 6.07 Å². The van der Waals surface area contributed by atoms with Crippen molar-refractivity contribution in [1.82, 2.24) is 0 Å². The fourth-order valence-corrected chi connectivity index (χ4v) is 1.14. The van der Waals surface area contributed by atoms with Gasteiger partial charge in [-0.15, -0.1) is 0 Å². The first-order chi connectivity index (χ1) is 5.25. The van der Waals surface area contributed by atoms with Gasteiger partial charge in [0.1, 0.15) is 0 Å². The van der Waals surface area contributed by atoms with Gasteiger partial charge in [0, 0.05) is 10.6 Å². The summed E-state index contributed by atoms with van der Waals surface area (Å²) in [5.74, 6) is 0. The van der Waals surface area contributed by atoms with E-state index >= 15 is 0 Å². The number of benzene rings is 1. The van der Waals surface area contributed by atoms with Gasteiger partial charge in [0.25, 0.3) is 0 Å². The number of aryl methyl sites for hydroxylation is 1. The van der Waals surface area contributed by atoms with Crippen molar-refractivity contribution in [3.05, 3.63) is 34.3 Å². The second-order valence-electron chi connectivity index (χ2n) is 2.21. The quantitative estimate of drug-likeness (QED) is 0.391. The summed E-state index contributed by atoms with van der Waals surface area (Å²) < 4.78 is 0. The Bertz CT molecular complexity index is 263. The molecule has 11 heavy (non-hydrogen) atoms. The SMILES string of the molecule is Cc1cccc(Cl)c1C=NO. The van der Waals surface area contributed by atoms with Gasteiger partial charge in [-0.05, 0) is 18.6 Å². The molecule has 0 atom stereocenters. The highest BCUT2D eigenvalue weighted by atomic mass is 35.5. The molecule has 0 saturated carbocycles. The monoisotopic (exact) mass is 169 g/mol. The van der Waals surface area contributed by atoms with Crippen molar-refractivity contribution < 1.29 is 5.21 Å². The molecule has 0 saturated heterocycles. The zero-order valence-corrected chi connectivity index (χ0v) is 6.84. The summed E-state index contributed by atoms with van der Waals surface area (Å²) in [7, 11) is 0. The fourth-order valence-electron chi connectivity index (χ4n) is 0.866. The highest BCUT2D eigenvalue weighted by molar-refractivity contribution is 6.33. The molecule has 0 amide bonds. The minimum absolute atomic E-state index is 0.600. The molecule has 0 aliphatic carbocycles. The zero-order valence-electron chi connectivity index (χ0n) is 6.08. The van der Waals surface area contributed by atoms with Gasteiger partial charge in [0.2, 0.25) is 0 Å². The van der Waals surface area contributed by atoms with Crippen molar-refractivity contribution in [2.24, 2.45) is 5.16 Å². The standard InChI is InChI=1S/C8H8ClNO/c1-6-3-2-4-8(9)7(6)5-10-11/h2-5,11H,1H3. The second kappa shape index (κ2) is 3.39. The molecule has 0 aliphatic heterocycles. The average Bonchev–Trinajstić information content (AvgIpc) is 1.97. The van der Waals surface area contributed by atoms with Crippen LogP contribution in [0, 0.1) is 6.92 Å². The molecule has 1 aromatic carbocycles. The molecule has 3 heteroatoms. The van der Waals surface area contributed by atoms with Gasteiger partial charge in [-0.25, -0.2) is 0 Å². The van der Waals surface area contributed by atoms with Crippen LogP contribution in [0.15, 0.2) is 23.4 Å². The lowest BCUT2D eigenvalue weighted by Gasteiger charge is -1.99. The zero-order chi connectivity index (χ0) is 8.27. The summed E-state index contributed by atoms with van der Waals surface area (Å²) in [4.78, 5) is 0. The molecule has 0 unspecified atom stereocenters. The van der Waals surface area contributed by atoms with Gasteiger partial charge in [0.05, 0.1) is 6.21 Å². The number of halogens is 1. The molecule has 0 spiro atoms. The highest BCUT2D eigenvalue weighted by Gasteiger charge is 1.98. The Balaban J connectivity index is 3.20. The van der Waals surface area contributed by atoms with Crippen LogP contribution in [0.5, 0.6) is 0 Å². The largest absolute Gasteiger partial charge is 0.411 e. The van der Waals surface area contributed by atoms with Crippen molar-refractivity contribution in [2.45, 2.75) is 6.92 Å². The molecule has 0 aromatic heterocycles. The first-order valence-electron chi connectivity index (χ1n) is 3.18. The fraction of sp³-hybridized carbons (Fsp3) is 0.125. The normalized spacial score (nSPS) is 10.7. The van der Waals surface area contributed by atoms with Crippen molar-refractivity contribution in [2.75, 3.05) is 0 Å². The molecule has 1 N–H and O–H groups in total. The molecule has 2 nitrogen and oxygen atoms in total. The molecular weight excluding hydrogens is 162 g/mol. The highest BCUT2D eigenvalue weighted by Crippen LogP contribution is 2.16. The molecule has 0 bridgehead atoms. The van der Waals surface area contributed by atoms with E-state index in [0.29, 0.717) is 5.02 Å². The van der Waals surface area contributed by atoms with Crippen molar-refractivity contribution >= 4 is 17.8 Å². The number of hydrogen-bond donors (Lipinski definition) is 1. The van der Waals surface area contributed by atoms with Gasteiger partial charge in [-0.3, -0.25) is 0 Å². The number of hydrogen-bond acceptors (Lipinski definition) is 2. The van der Waals surface area contributed by atoms with Gasteiger partial charge >= 0.3 is 0 Å². The van der Waals surface area contributed by atoms with Crippen LogP contribution in [0.3, 0.4) is 0 Å². The van der Waals surface area contributed by atoms with Crippen LogP contribution in [0.4, 0.5) is 0 Å².